The maximum Gasteiger partial charge on any atom is 0.167 e. The molecule has 0 amide bonds. The molecule has 9 nitrogen and oxygen atoms in total. The number of hydrogen-bond donors (Lipinski definition) is 2. The molecule has 0 unspecified atom stereocenters. The maximum atomic E-state index is 9.79. The number of nitrogens with one attached hydrogen (secondary N) is 1. The number of morpholine rings is 1. The monoisotopic (exact) mass is 445 g/mol. The van der Waals surface area contributed by atoms with Gasteiger partial charge in [-0.3, -0.25) is 9.47 Å². The van der Waals surface area contributed by atoms with Gasteiger partial charge in [0.1, 0.15) is 12.6 Å². The second-order valence-corrected chi connectivity index (χ2v) is 8.43. The Hall–Kier alpha value is -2.30. The predicted octanol–water partition coefficient (Wildman–Crippen LogP) is 1.85. The summed E-state index contributed by atoms with van der Waals surface area (Å²) in [6.07, 6.45) is 2.67. The molecule has 4 rings (SSSR count). The minimum absolute atomic E-state index is 0.0490. The van der Waals surface area contributed by atoms with Crippen LogP contribution in [0.4, 0.5) is 5.82 Å². The number of rotatable bonds is 8. The lowest BCUT2D eigenvalue weighted by atomic mass is 10.2. The fourth-order valence-electron chi connectivity index (χ4n) is 3.71. The number of hydrogen-bond acceptors (Lipinski definition) is 8. The van der Waals surface area contributed by atoms with Gasteiger partial charge in [0.25, 0.3) is 0 Å². The Morgan fingerprint density at radius 1 is 1.19 bits per heavy atom. The van der Waals surface area contributed by atoms with Crippen LogP contribution in [0, 0.1) is 0 Å². The molecular weight excluding hydrogens is 418 g/mol. The molecule has 0 aliphatic carbocycles. The lowest BCUT2D eigenvalue weighted by Crippen LogP contribution is -2.46. The number of halogens is 1. The number of benzene rings is 1. The van der Waals surface area contributed by atoms with E-state index >= 15 is 0 Å². The maximum absolute atomic E-state index is 9.79. The second-order valence-electron chi connectivity index (χ2n) is 7.99. The fourth-order valence-corrected chi connectivity index (χ4v) is 3.84. The van der Waals surface area contributed by atoms with Crippen molar-refractivity contribution in [2.24, 2.45) is 0 Å². The van der Waals surface area contributed by atoms with Gasteiger partial charge in [0.2, 0.25) is 0 Å². The van der Waals surface area contributed by atoms with Crippen LogP contribution in [0.3, 0.4) is 0 Å². The van der Waals surface area contributed by atoms with Crippen LogP contribution in [0.2, 0.25) is 5.02 Å². The van der Waals surface area contributed by atoms with Crippen LogP contribution in [0.1, 0.15) is 11.8 Å². The number of ether oxygens (including phenoxy) is 1. The van der Waals surface area contributed by atoms with E-state index in [9.17, 15) is 5.11 Å². The quantitative estimate of drug-likeness (QED) is 0.542. The van der Waals surface area contributed by atoms with Gasteiger partial charge in [-0.2, -0.15) is 0 Å². The highest BCUT2D eigenvalue weighted by atomic mass is 35.5. The third-order valence-corrected chi connectivity index (χ3v) is 5.52. The molecule has 0 spiro atoms. The summed E-state index contributed by atoms with van der Waals surface area (Å²) in [6, 6.07) is 7.82. The summed E-state index contributed by atoms with van der Waals surface area (Å²) in [5.41, 5.74) is 2.57. The van der Waals surface area contributed by atoms with E-state index in [0.29, 0.717) is 30.1 Å². The van der Waals surface area contributed by atoms with Crippen LogP contribution in [0.25, 0.3) is 11.2 Å². The molecule has 1 saturated heterocycles. The van der Waals surface area contributed by atoms with Gasteiger partial charge < -0.3 is 20.1 Å². The Kier molecular flexibility index (Phi) is 6.99. The van der Waals surface area contributed by atoms with E-state index in [0.717, 1.165) is 30.2 Å². The molecule has 31 heavy (non-hydrogen) atoms. The number of fused-ring (bicyclic) bond motifs is 1. The van der Waals surface area contributed by atoms with Gasteiger partial charge in [0, 0.05) is 37.7 Å². The number of likely N-dealkylation sites (N-methyl/N-ethyl adjacent to an activating group) is 1. The van der Waals surface area contributed by atoms with Gasteiger partial charge in [0.05, 0.1) is 19.0 Å². The molecule has 3 heterocycles. The first-order valence-corrected chi connectivity index (χ1v) is 10.7. The fraction of sp³-hybridized carbons (Fsp3) is 0.476. The molecule has 3 aromatic rings. The van der Waals surface area contributed by atoms with E-state index < -0.39 is 0 Å². The average Bonchev–Trinajstić information content (AvgIpc) is 3.20. The third-order valence-electron chi connectivity index (χ3n) is 5.27. The van der Waals surface area contributed by atoms with Crippen LogP contribution in [0.15, 0.2) is 36.9 Å². The topological polar surface area (TPSA) is 91.6 Å². The molecule has 0 saturated carbocycles. The number of aromatic nitrogens is 4. The number of nitrogens with zero attached hydrogens (tertiary/aromatic N) is 6. The van der Waals surface area contributed by atoms with Crippen LogP contribution < -0.4 is 5.32 Å². The first-order chi connectivity index (χ1) is 15.0. The highest BCUT2D eigenvalue weighted by Gasteiger charge is 2.30. The lowest BCUT2D eigenvalue weighted by molar-refractivity contribution is -0.135. The first kappa shape index (κ1) is 21.9. The Balaban J connectivity index is 1.53. The predicted molar refractivity (Wildman–Crippen MR) is 120 cm³/mol. The molecule has 1 aliphatic heterocycles. The van der Waals surface area contributed by atoms with Gasteiger partial charge >= 0.3 is 0 Å². The molecule has 2 atom stereocenters. The van der Waals surface area contributed by atoms with Crippen molar-refractivity contribution in [3.05, 3.63) is 47.5 Å². The highest BCUT2D eigenvalue weighted by Crippen LogP contribution is 2.26. The number of aliphatic hydroxyl groups excluding tert-OH is 1. The molecule has 0 radical (unpaired) electrons. The zero-order valence-electron chi connectivity index (χ0n) is 17.8. The zero-order chi connectivity index (χ0) is 21.8. The second kappa shape index (κ2) is 9.88. The Morgan fingerprint density at radius 2 is 2.00 bits per heavy atom. The number of anilines is 1. The van der Waals surface area contributed by atoms with Gasteiger partial charge in [-0.05, 0) is 31.8 Å². The molecular formula is C21H28ClN7O2. The van der Waals surface area contributed by atoms with E-state index in [-0.39, 0.29) is 18.9 Å². The Morgan fingerprint density at radius 3 is 2.74 bits per heavy atom. The Bertz CT molecular complexity index is 995. The minimum Gasteiger partial charge on any atom is -0.394 e. The largest absolute Gasteiger partial charge is 0.394 e. The summed E-state index contributed by atoms with van der Waals surface area (Å²) in [6.45, 7) is 3.63. The zero-order valence-corrected chi connectivity index (χ0v) is 18.5. The Labute approximate surface area is 186 Å². The van der Waals surface area contributed by atoms with Crippen molar-refractivity contribution in [2.75, 3.05) is 52.2 Å². The molecule has 1 fully saturated rings. The molecule has 2 aromatic heterocycles. The van der Waals surface area contributed by atoms with Crippen molar-refractivity contribution in [3.8, 4) is 0 Å². The summed E-state index contributed by atoms with van der Waals surface area (Å²) in [4.78, 5) is 17.7. The normalized spacial score (nSPS) is 19.9. The van der Waals surface area contributed by atoms with Crippen LogP contribution in [-0.4, -0.2) is 87.4 Å². The summed E-state index contributed by atoms with van der Waals surface area (Å²) in [5, 5.41) is 13.8. The molecule has 1 aliphatic rings. The molecule has 1 aromatic carbocycles. The van der Waals surface area contributed by atoms with Crippen molar-refractivity contribution in [1.29, 1.82) is 0 Å². The SMILES string of the molecule is CN(C)CCNc1ncnc2c1ncn2[C@H]1CN(Cc2ccc(Cl)cc2)C[C@@H](CO)O1. The van der Waals surface area contributed by atoms with E-state index in [2.05, 4.69) is 30.1 Å². The van der Waals surface area contributed by atoms with Crippen molar-refractivity contribution < 1.29 is 9.84 Å². The van der Waals surface area contributed by atoms with Crippen LogP contribution in [-0.2, 0) is 11.3 Å². The first-order valence-electron chi connectivity index (χ1n) is 10.3. The summed E-state index contributed by atoms with van der Waals surface area (Å²) in [5.74, 6) is 0.707. The van der Waals surface area contributed by atoms with Crippen molar-refractivity contribution in [3.63, 3.8) is 0 Å². The van der Waals surface area contributed by atoms with E-state index in [1.165, 1.54) is 6.33 Å². The van der Waals surface area contributed by atoms with Gasteiger partial charge in [-0.15, -0.1) is 0 Å². The molecule has 2 N–H and O–H groups in total. The lowest BCUT2D eigenvalue weighted by Gasteiger charge is -2.37. The van der Waals surface area contributed by atoms with E-state index in [4.69, 9.17) is 16.3 Å². The number of aliphatic hydroxyl groups is 1. The van der Waals surface area contributed by atoms with Gasteiger partial charge in [0.15, 0.2) is 17.0 Å². The van der Waals surface area contributed by atoms with Crippen molar-refractivity contribution in [1.82, 2.24) is 29.3 Å². The smallest absolute Gasteiger partial charge is 0.167 e. The standard InChI is InChI=1S/C21H28ClN7O2/c1-27(2)8-7-23-20-19-21(25-13-24-20)29(14-26-19)18-11-28(10-17(12-30)31-18)9-15-3-5-16(22)6-4-15/h3-6,13-14,17-18,30H,7-12H2,1-2H3,(H,23,24,25)/t17-,18+/m0/s1. The summed E-state index contributed by atoms with van der Waals surface area (Å²) < 4.78 is 8.07. The van der Waals surface area contributed by atoms with Crippen molar-refractivity contribution in [2.45, 2.75) is 18.9 Å². The van der Waals surface area contributed by atoms with Gasteiger partial charge in [-0.1, -0.05) is 23.7 Å². The summed E-state index contributed by atoms with van der Waals surface area (Å²) in [7, 11) is 4.06. The minimum atomic E-state index is -0.312. The van der Waals surface area contributed by atoms with Crippen LogP contribution >= 0.6 is 11.6 Å². The van der Waals surface area contributed by atoms with E-state index in [1.54, 1.807) is 6.33 Å². The van der Waals surface area contributed by atoms with Crippen LogP contribution in [0.5, 0.6) is 0 Å². The van der Waals surface area contributed by atoms with Gasteiger partial charge in [-0.25, -0.2) is 15.0 Å². The summed E-state index contributed by atoms with van der Waals surface area (Å²) >= 11 is 6.01. The molecule has 0 bridgehead atoms. The average molecular weight is 446 g/mol. The number of imidazole rings is 1. The molecule has 10 heteroatoms. The highest BCUT2D eigenvalue weighted by molar-refractivity contribution is 6.30. The van der Waals surface area contributed by atoms with Crippen molar-refractivity contribution >= 4 is 28.6 Å². The third kappa shape index (κ3) is 5.31. The van der Waals surface area contributed by atoms with E-state index in [1.807, 2.05) is 42.9 Å². The molecule has 166 valence electrons.